The van der Waals surface area contributed by atoms with E-state index in [0.29, 0.717) is 0 Å². The maximum absolute atomic E-state index is 6.81. The second-order valence-corrected chi connectivity index (χ2v) is 15.9. The zero-order valence-corrected chi connectivity index (χ0v) is 29.3. The van der Waals surface area contributed by atoms with Crippen LogP contribution in [0.5, 0.6) is 0 Å². The Bertz CT molecular complexity index is 3030. The van der Waals surface area contributed by atoms with Crippen molar-refractivity contribution >= 4 is 85.0 Å². The number of anilines is 4. The molecule has 53 heavy (non-hydrogen) atoms. The van der Waals surface area contributed by atoms with Gasteiger partial charge in [0.1, 0.15) is 11.2 Å². The van der Waals surface area contributed by atoms with Crippen molar-refractivity contribution in [3.8, 4) is 22.3 Å². The maximum Gasteiger partial charge on any atom is 0.333 e. The molecule has 2 unspecified atom stereocenters. The fraction of sp³-hybridized carbons (Fsp3) is 0.0417. The number of benzene rings is 8. The highest BCUT2D eigenvalue weighted by Crippen LogP contribution is 2.61. The Kier molecular flexibility index (Phi) is 5.49. The van der Waals surface area contributed by atoms with Gasteiger partial charge < -0.3 is 14.1 Å². The van der Waals surface area contributed by atoms with E-state index in [0.717, 1.165) is 11.2 Å². The Morgan fingerprint density at radius 3 is 2.21 bits per heavy atom. The molecule has 9 aromatic rings. The van der Waals surface area contributed by atoms with Crippen molar-refractivity contribution in [1.82, 2.24) is 0 Å². The predicted molar refractivity (Wildman–Crippen MR) is 222 cm³/mol. The average molecular weight is 693 g/mol. The zero-order valence-electron chi connectivity index (χ0n) is 28.5. The van der Waals surface area contributed by atoms with Crippen LogP contribution in [-0.4, -0.2) is 12.2 Å². The summed E-state index contributed by atoms with van der Waals surface area (Å²) in [5, 5.41) is 5.08. The van der Waals surface area contributed by atoms with Crippen molar-refractivity contribution in [2.24, 2.45) is 0 Å². The van der Waals surface area contributed by atoms with Gasteiger partial charge in [-0.05, 0) is 85.9 Å². The first-order chi connectivity index (χ1) is 26.3. The van der Waals surface area contributed by atoms with Gasteiger partial charge in [0.25, 0.3) is 0 Å². The molecule has 2 atom stereocenters. The van der Waals surface area contributed by atoms with E-state index in [-0.39, 0.29) is 18.1 Å². The summed E-state index contributed by atoms with van der Waals surface area (Å²) in [5.41, 5.74) is 17.5. The lowest BCUT2D eigenvalue weighted by Crippen LogP contribution is -2.62. The van der Waals surface area contributed by atoms with E-state index >= 15 is 0 Å². The monoisotopic (exact) mass is 692 g/mol. The van der Waals surface area contributed by atoms with Crippen molar-refractivity contribution in [3.05, 3.63) is 175 Å². The summed E-state index contributed by atoms with van der Waals surface area (Å²) in [4.78, 5) is 6.71. The topological polar surface area (TPSA) is 19.6 Å². The fourth-order valence-corrected chi connectivity index (χ4v) is 11.5. The lowest BCUT2D eigenvalue weighted by molar-refractivity contribution is 0.669. The number of nitrogens with zero attached hydrogens (tertiary/aromatic N) is 2. The Morgan fingerprint density at radius 2 is 1.32 bits per heavy atom. The van der Waals surface area contributed by atoms with Crippen LogP contribution < -0.4 is 20.6 Å². The van der Waals surface area contributed by atoms with Crippen molar-refractivity contribution in [1.29, 1.82) is 0 Å². The van der Waals surface area contributed by atoms with Gasteiger partial charge in [0, 0.05) is 56.0 Å². The molecule has 0 N–H and O–H groups in total. The third-order valence-electron chi connectivity index (χ3n) is 12.1. The molecule has 4 aliphatic heterocycles. The van der Waals surface area contributed by atoms with Crippen LogP contribution in [0.15, 0.2) is 173 Å². The van der Waals surface area contributed by atoms with E-state index in [2.05, 4.69) is 174 Å². The van der Waals surface area contributed by atoms with Crippen molar-refractivity contribution < 1.29 is 4.42 Å². The van der Waals surface area contributed by atoms with Crippen LogP contribution in [0.3, 0.4) is 0 Å². The van der Waals surface area contributed by atoms with E-state index in [1.54, 1.807) is 0 Å². The second-order valence-electron chi connectivity index (χ2n) is 14.7. The van der Waals surface area contributed by atoms with E-state index in [9.17, 15) is 0 Å². The maximum atomic E-state index is 6.81. The largest absolute Gasteiger partial charge is 0.456 e. The molecule has 0 bridgehead atoms. The molecular weight excluding hydrogens is 663 g/mol. The number of hydrogen-bond acceptors (Lipinski definition) is 4. The van der Waals surface area contributed by atoms with Gasteiger partial charge in [0.05, 0.1) is 5.37 Å². The molecule has 5 heteroatoms. The van der Waals surface area contributed by atoms with Gasteiger partial charge in [-0.25, -0.2) is 0 Å². The summed E-state index contributed by atoms with van der Waals surface area (Å²) < 4.78 is 6.81. The van der Waals surface area contributed by atoms with Gasteiger partial charge >= 0.3 is 6.85 Å². The highest BCUT2D eigenvalue weighted by atomic mass is 32.2. The third-order valence-corrected chi connectivity index (χ3v) is 13.5. The SMILES string of the molecule is c1ccc(-c2ccc(N3B4c5cccc6c5N(c5cc7oc8ccccc8c7c(c54)-c4cc5ccccc5cc43)C3Sc4ccccc4C63)cc2)cc1. The first-order valence-corrected chi connectivity index (χ1v) is 19.3. The van der Waals surface area contributed by atoms with Gasteiger partial charge in [-0.2, -0.15) is 0 Å². The summed E-state index contributed by atoms with van der Waals surface area (Å²) in [7, 11) is 0. The number of rotatable bonds is 2. The predicted octanol–water partition coefficient (Wildman–Crippen LogP) is 11.4. The average Bonchev–Trinajstić information content (AvgIpc) is 3.88. The molecule has 0 spiro atoms. The molecule has 4 aliphatic rings. The number of hydrogen-bond donors (Lipinski definition) is 0. The van der Waals surface area contributed by atoms with Gasteiger partial charge in [0.2, 0.25) is 0 Å². The molecule has 0 aliphatic carbocycles. The van der Waals surface area contributed by atoms with E-state index in [1.807, 2.05) is 11.8 Å². The first kappa shape index (κ1) is 28.4. The molecule has 3 nitrogen and oxygen atoms in total. The minimum absolute atomic E-state index is 0.0421. The highest BCUT2D eigenvalue weighted by molar-refractivity contribution is 8.00. The fourth-order valence-electron chi connectivity index (χ4n) is 10.0. The molecule has 0 fully saturated rings. The zero-order chi connectivity index (χ0) is 34.4. The summed E-state index contributed by atoms with van der Waals surface area (Å²) in [6, 6.07) is 60.7. The molecule has 0 amide bonds. The molecule has 246 valence electrons. The van der Waals surface area contributed by atoms with Crippen LogP contribution in [0.1, 0.15) is 17.0 Å². The number of furan rings is 1. The van der Waals surface area contributed by atoms with Crippen LogP contribution in [0.25, 0.3) is 55.0 Å². The van der Waals surface area contributed by atoms with Gasteiger partial charge in [-0.15, -0.1) is 0 Å². The van der Waals surface area contributed by atoms with Crippen LogP contribution in [-0.2, 0) is 0 Å². The van der Waals surface area contributed by atoms with Gasteiger partial charge in [0.15, 0.2) is 0 Å². The quantitative estimate of drug-likeness (QED) is 0.168. The molecule has 13 rings (SSSR count). The molecule has 5 heterocycles. The molecule has 1 aromatic heterocycles. The second kappa shape index (κ2) is 10.2. The van der Waals surface area contributed by atoms with E-state index < -0.39 is 0 Å². The van der Waals surface area contributed by atoms with Crippen molar-refractivity contribution in [3.63, 3.8) is 0 Å². The van der Waals surface area contributed by atoms with E-state index in [4.69, 9.17) is 4.42 Å². The van der Waals surface area contributed by atoms with E-state index in [1.165, 1.54) is 93.5 Å². The molecule has 0 radical (unpaired) electrons. The number of fused-ring (bicyclic) bond motifs is 14. The summed E-state index contributed by atoms with van der Waals surface area (Å²) in [6.45, 7) is -0.0421. The minimum atomic E-state index is -0.0421. The Balaban J connectivity index is 1.17. The lowest BCUT2D eigenvalue weighted by atomic mass is 9.43. The first-order valence-electron chi connectivity index (χ1n) is 18.4. The number of thioether (sulfide) groups is 1. The summed E-state index contributed by atoms with van der Waals surface area (Å²) in [5.74, 6) is 0.289. The standard InChI is InChI=1S/C48H29BN2OS/c1-2-11-28(12-3-1)29-21-23-32(24-22-29)51-38-26-31-14-5-4-13-30(31)25-36(38)45-44-33-15-6-8-19-40(33)52-41(44)27-39-46(45)49(51)37-18-10-17-35-43-34-16-7-9-20-42(34)53-48(43)50(39)47(35)37/h1-27,43,48H. The number of para-hydroxylation sites is 2. The smallest absolute Gasteiger partial charge is 0.333 e. The van der Waals surface area contributed by atoms with Crippen LogP contribution in [0.4, 0.5) is 22.7 Å². The third kappa shape index (κ3) is 3.67. The van der Waals surface area contributed by atoms with Crippen molar-refractivity contribution in [2.75, 3.05) is 9.71 Å². The summed E-state index contributed by atoms with van der Waals surface area (Å²) >= 11 is 2.01. The minimum Gasteiger partial charge on any atom is -0.456 e. The summed E-state index contributed by atoms with van der Waals surface area (Å²) in [6.07, 6.45) is 0. The molecule has 0 saturated carbocycles. The van der Waals surface area contributed by atoms with Crippen LogP contribution in [0, 0.1) is 0 Å². The van der Waals surface area contributed by atoms with Crippen LogP contribution in [0.2, 0.25) is 0 Å². The Hall–Kier alpha value is -6.17. The Labute approximate surface area is 311 Å². The van der Waals surface area contributed by atoms with Crippen molar-refractivity contribution in [2.45, 2.75) is 16.2 Å². The van der Waals surface area contributed by atoms with Gasteiger partial charge in [-0.1, -0.05) is 133 Å². The Morgan fingerprint density at radius 1 is 0.585 bits per heavy atom. The highest BCUT2D eigenvalue weighted by Gasteiger charge is 2.54. The van der Waals surface area contributed by atoms with Crippen LogP contribution >= 0.6 is 11.8 Å². The lowest BCUT2D eigenvalue weighted by Gasteiger charge is -2.45. The normalized spacial score (nSPS) is 17.2. The molecular formula is C48H29BN2OS. The molecule has 8 aromatic carbocycles. The molecule has 0 saturated heterocycles. The van der Waals surface area contributed by atoms with Gasteiger partial charge in [-0.3, -0.25) is 0 Å².